The summed E-state index contributed by atoms with van der Waals surface area (Å²) in [5.41, 5.74) is 0. The molecule has 58 heavy (non-hydrogen) atoms. The van der Waals surface area contributed by atoms with Gasteiger partial charge < -0.3 is 36.6 Å². The molecule has 0 aromatic carbocycles. The van der Waals surface area contributed by atoms with Crippen LogP contribution in [0.1, 0.15) is 233 Å². The van der Waals surface area contributed by atoms with Gasteiger partial charge in [0.15, 0.2) is 0 Å². The van der Waals surface area contributed by atoms with Crippen LogP contribution in [-0.4, -0.2) is 69.4 Å². The van der Waals surface area contributed by atoms with Crippen molar-refractivity contribution in [1.29, 1.82) is 0 Å². The summed E-state index contributed by atoms with van der Waals surface area (Å²) in [7, 11) is 0. The molecule has 1 atom stereocenters. The number of hydrogen-bond acceptors (Lipinski definition) is 5. The van der Waals surface area contributed by atoms with Crippen LogP contribution in [0.5, 0.6) is 0 Å². The highest BCUT2D eigenvalue weighted by atomic mass is 16.5. The van der Waals surface area contributed by atoms with Crippen LogP contribution in [0.25, 0.3) is 0 Å². The van der Waals surface area contributed by atoms with Crippen LogP contribution in [0, 0.1) is 0 Å². The van der Waals surface area contributed by atoms with Gasteiger partial charge in [-0.05, 0) is 38.5 Å². The van der Waals surface area contributed by atoms with Crippen LogP contribution in [0.4, 0.5) is 14.4 Å². The summed E-state index contributed by atoms with van der Waals surface area (Å²) < 4.78 is 5.48. The fourth-order valence-electron chi connectivity index (χ4n) is 7.12. The van der Waals surface area contributed by atoms with Crippen molar-refractivity contribution in [2.75, 3.05) is 39.3 Å². The first-order valence-electron chi connectivity index (χ1n) is 24.7. The number of carbonyl (C=O) groups is 4. The second-order valence-corrected chi connectivity index (χ2v) is 16.5. The van der Waals surface area contributed by atoms with Crippen molar-refractivity contribution in [1.82, 2.24) is 31.9 Å². The molecular formula is C47H94N6O5. The highest BCUT2D eigenvalue weighted by Crippen LogP contribution is 2.12. The maximum Gasteiger partial charge on any atom is 0.328 e. The number of urea groups is 3. The van der Waals surface area contributed by atoms with E-state index in [1.807, 2.05) is 0 Å². The predicted octanol–water partition coefficient (Wildman–Crippen LogP) is 11.7. The van der Waals surface area contributed by atoms with E-state index in [1.165, 1.54) is 154 Å². The van der Waals surface area contributed by atoms with E-state index >= 15 is 0 Å². The smallest absolute Gasteiger partial charge is 0.328 e. The Hall–Kier alpha value is -2.72. The molecule has 0 aromatic heterocycles. The summed E-state index contributed by atoms with van der Waals surface area (Å²) in [6, 6.07) is -1.64. The summed E-state index contributed by atoms with van der Waals surface area (Å²) >= 11 is 0. The van der Waals surface area contributed by atoms with Gasteiger partial charge in [0.25, 0.3) is 0 Å². The van der Waals surface area contributed by atoms with Crippen LogP contribution < -0.4 is 31.9 Å². The fraction of sp³-hybridized carbons (Fsp3) is 0.915. The zero-order valence-electron chi connectivity index (χ0n) is 38.2. The van der Waals surface area contributed by atoms with Crippen LogP contribution in [0.3, 0.4) is 0 Å². The Bertz CT molecular complexity index is 939. The predicted molar refractivity (Wildman–Crippen MR) is 243 cm³/mol. The highest BCUT2D eigenvalue weighted by molar-refractivity contribution is 5.83. The van der Waals surface area contributed by atoms with Gasteiger partial charge in [0, 0.05) is 26.2 Å². The second kappa shape index (κ2) is 45.4. The van der Waals surface area contributed by atoms with Crippen LogP contribution >= 0.6 is 0 Å². The van der Waals surface area contributed by atoms with E-state index in [0.29, 0.717) is 45.4 Å². The van der Waals surface area contributed by atoms with Crippen LogP contribution in [0.2, 0.25) is 0 Å². The molecule has 0 radical (unpaired) electrons. The van der Waals surface area contributed by atoms with Crippen LogP contribution in [-0.2, 0) is 9.53 Å². The molecule has 0 rings (SSSR count). The van der Waals surface area contributed by atoms with Gasteiger partial charge in [0.2, 0.25) is 0 Å². The Kier molecular flexibility index (Phi) is 43.2. The molecule has 0 bridgehead atoms. The van der Waals surface area contributed by atoms with Crippen molar-refractivity contribution in [2.24, 2.45) is 0 Å². The number of esters is 1. The lowest BCUT2D eigenvalue weighted by molar-refractivity contribution is -0.145. The fourth-order valence-corrected chi connectivity index (χ4v) is 7.12. The zero-order chi connectivity index (χ0) is 42.4. The molecule has 0 aliphatic heterocycles. The van der Waals surface area contributed by atoms with Crippen molar-refractivity contribution < 1.29 is 23.9 Å². The summed E-state index contributed by atoms with van der Waals surface area (Å²) in [5, 5.41) is 17.2. The number of carbonyl (C=O) groups excluding carboxylic acids is 4. The van der Waals surface area contributed by atoms with Gasteiger partial charge in [-0.15, -0.1) is 0 Å². The molecule has 0 saturated carbocycles. The topological polar surface area (TPSA) is 150 Å². The lowest BCUT2D eigenvalue weighted by Crippen LogP contribution is -2.47. The molecule has 342 valence electrons. The van der Waals surface area contributed by atoms with Crippen molar-refractivity contribution in [2.45, 2.75) is 239 Å². The standard InChI is InChI=1S/C47H94N6O5/c1-4-7-10-13-16-19-22-25-28-32-37-48-45(55)50-40-35-31-36-43(53-47(57)51-39-34-30-27-24-21-18-15-12-9-6-3)44(54)58-42-41-52-46(56)49-38-33-29-26-23-20-17-14-11-8-5-2/h43H,4-42H2,1-3H3,(H2,48,50,55)(H2,49,52,56)(H2,51,53,57)/t43-/m0/s1. The minimum Gasteiger partial charge on any atom is -0.462 e. The van der Waals surface area contributed by atoms with Crippen molar-refractivity contribution in [3.8, 4) is 0 Å². The first kappa shape index (κ1) is 55.3. The third kappa shape index (κ3) is 41.4. The maximum absolute atomic E-state index is 13.0. The highest BCUT2D eigenvalue weighted by Gasteiger charge is 2.22. The monoisotopic (exact) mass is 823 g/mol. The molecule has 6 N–H and O–H groups in total. The van der Waals surface area contributed by atoms with Gasteiger partial charge in [-0.1, -0.05) is 194 Å². The van der Waals surface area contributed by atoms with E-state index < -0.39 is 12.0 Å². The summed E-state index contributed by atoms with van der Waals surface area (Å²) in [6.07, 6.45) is 39.0. The van der Waals surface area contributed by atoms with Crippen molar-refractivity contribution >= 4 is 24.1 Å². The Labute approximate surface area is 357 Å². The first-order chi connectivity index (χ1) is 28.4. The average Bonchev–Trinajstić information content (AvgIpc) is 3.21. The molecule has 0 spiro atoms. The number of unbranched alkanes of at least 4 members (excludes halogenated alkanes) is 28. The number of amides is 6. The van der Waals surface area contributed by atoms with Gasteiger partial charge in [-0.2, -0.15) is 0 Å². The van der Waals surface area contributed by atoms with Crippen molar-refractivity contribution in [3.05, 3.63) is 0 Å². The Morgan fingerprint density at radius 1 is 0.345 bits per heavy atom. The van der Waals surface area contributed by atoms with Gasteiger partial charge in [-0.25, -0.2) is 19.2 Å². The van der Waals surface area contributed by atoms with Gasteiger partial charge in [0.05, 0.1) is 6.54 Å². The number of ether oxygens (including phenoxy) is 1. The third-order valence-electron chi connectivity index (χ3n) is 10.9. The van der Waals surface area contributed by atoms with E-state index in [-0.39, 0.29) is 31.2 Å². The molecule has 0 aliphatic rings. The third-order valence-corrected chi connectivity index (χ3v) is 10.9. The van der Waals surface area contributed by atoms with E-state index in [9.17, 15) is 19.2 Å². The maximum atomic E-state index is 13.0. The number of rotatable bonds is 43. The van der Waals surface area contributed by atoms with Gasteiger partial charge in [0.1, 0.15) is 12.6 Å². The van der Waals surface area contributed by atoms with E-state index in [4.69, 9.17) is 4.74 Å². The van der Waals surface area contributed by atoms with Crippen LogP contribution in [0.15, 0.2) is 0 Å². The SMILES string of the molecule is CCCCCCCCCCCCNC(=O)NCCCC[C@H](NC(=O)NCCCCCCCCCCCC)C(=O)OCCNC(=O)NCCCCCCCCCCCC. The molecule has 0 heterocycles. The number of nitrogens with one attached hydrogen (secondary N) is 6. The van der Waals surface area contributed by atoms with Gasteiger partial charge in [-0.3, -0.25) is 0 Å². The van der Waals surface area contributed by atoms with E-state index in [1.54, 1.807) is 0 Å². The minimum atomic E-state index is -0.817. The molecule has 0 unspecified atom stereocenters. The molecule has 0 fully saturated rings. The molecular weight excluding hydrogens is 729 g/mol. The van der Waals surface area contributed by atoms with E-state index in [0.717, 1.165) is 38.5 Å². The summed E-state index contributed by atoms with van der Waals surface area (Å²) in [6.45, 7) is 9.27. The quantitative estimate of drug-likeness (QED) is 0.0267. The molecule has 0 saturated heterocycles. The molecule has 0 aliphatic carbocycles. The zero-order valence-corrected chi connectivity index (χ0v) is 38.2. The molecule has 6 amide bonds. The van der Waals surface area contributed by atoms with E-state index in [2.05, 4.69) is 52.7 Å². The number of hydrogen-bond donors (Lipinski definition) is 6. The lowest BCUT2D eigenvalue weighted by atomic mass is 10.1. The Morgan fingerprint density at radius 2 is 0.621 bits per heavy atom. The summed E-state index contributed by atoms with van der Waals surface area (Å²) in [4.78, 5) is 50.3. The lowest BCUT2D eigenvalue weighted by Gasteiger charge is -2.18. The Morgan fingerprint density at radius 3 is 0.966 bits per heavy atom. The molecule has 11 heteroatoms. The largest absolute Gasteiger partial charge is 0.462 e. The second-order valence-electron chi connectivity index (χ2n) is 16.5. The van der Waals surface area contributed by atoms with Crippen molar-refractivity contribution in [3.63, 3.8) is 0 Å². The average molecular weight is 823 g/mol. The molecule has 11 nitrogen and oxygen atoms in total. The molecule has 0 aromatic rings. The first-order valence-corrected chi connectivity index (χ1v) is 24.7. The summed E-state index contributed by atoms with van der Waals surface area (Å²) in [5.74, 6) is -0.524. The normalized spacial score (nSPS) is 11.5. The Balaban J connectivity index is 4.38. The minimum absolute atomic E-state index is 0.0175. The van der Waals surface area contributed by atoms with Gasteiger partial charge >= 0.3 is 24.1 Å².